The second kappa shape index (κ2) is 16.3. The van der Waals surface area contributed by atoms with Gasteiger partial charge in [-0.05, 0) is 25.7 Å². The van der Waals surface area contributed by atoms with Gasteiger partial charge in [-0.15, -0.1) is 6.58 Å². The first-order valence-electron chi connectivity index (χ1n) is 8.57. The van der Waals surface area contributed by atoms with Gasteiger partial charge in [-0.25, -0.2) is 0 Å². The first-order valence-corrected chi connectivity index (χ1v) is 8.57. The summed E-state index contributed by atoms with van der Waals surface area (Å²) >= 11 is 0. The summed E-state index contributed by atoms with van der Waals surface area (Å²) in [6.45, 7) is 6.35. The van der Waals surface area contributed by atoms with E-state index in [1.165, 1.54) is 64.2 Å². The molecule has 0 radical (unpaired) electrons. The van der Waals surface area contributed by atoms with Crippen LogP contribution in [0.25, 0.3) is 0 Å². The molecule has 20 heavy (non-hydrogen) atoms. The summed E-state index contributed by atoms with van der Waals surface area (Å²) in [6, 6.07) is 0. The van der Waals surface area contributed by atoms with Crippen LogP contribution in [0.2, 0.25) is 0 Å². The average Bonchev–Trinajstić information content (AvgIpc) is 2.44. The van der Waals surface area contributed by atoms with E-state index in [1.807, 2.05) is 13.0 Å². The highest BCUT2D eigenvalue weighted by molar-refractivity contribution is 5.69. The maximum Gasteiger partial charge on any atom is 0.305 e. The van der Waals surface area contributed by atoms with Crippen molar-refractivity contribution in [3.63, 3.8) is 0 Å². The van der Waals surface area contributed by atoms with Gasteiger partial charge in [-0.1, -0.05) is 64.4 Å². The van der Waals surface area contributed by atoms with E-state index in [1.54, 1.807) is 0 Å². The number of unbranched alkanes of at least 4 members (excludes halogenated alkanes) is 10. The molecule has 0 aromatic carbocycles. The Morgan fingerprint density at radius 2 is 1.40 bits per heavy atom. The van der Waals surface area contributed by atoms with Crippen LogP contribution >= 0.6 is 0 Å². The van der Waals surface area contributed by atoms with Gasteiger partial charge in [0.05, 0.1) is 6.61 Å². The molecule has 0 aromatic heterocycles. The van der Waals surface area contributed by atoms with Crippen molar-refractivity contribution >= 4 is 5.97 Å². The topological polar surface area (TPSA) is 26.3 Å². The standard InChI is InChI=1S/C18H34O2/c1-3-5-6-7-8-9-10-11-12-13-14-15-17-20-18(19)16-4-2/h3H,1,4-17H2,2H3. The lowest BCUT2D eigenvalue weighted by Crippen LogP contribution is -2.04. The van der Waals surface area contributed by atoms with E-state index in [4.69, 9.17) is 4.74 Å². The van der Waals surface area contributed by atoms with Gasteiger partial charge in [0.1, 0.15) is 0 Å². The largest absolute Gasteiger partial charge is 0.466 e. The maximum atomic E-state index is 11.1. The zero-order chi connectivity index (χ0) is 14.9. The first kappa shape index (κ1) is 19.2. The van der Waals surface area contributed by atoms with Crippen LogP contribution in [-0.4, -0.2) is 12.6 Å². The zero-order valence-electron chi connectivity index (χ0n) is 13.5. The van der Waals surface area contributed by atoms with Crippen molar-refractivity contribution < 1.29 is 9.53 Å². The molecule has 0 aromatic rings. The molecule has 0 heterocycles. The fourth-order valence-electron chi connectivity index (χ4n) is 2.27. The van der Waals surface area contributed by atoms with Gasteiger partial charge >= 0.3 is 5.97 Å². The van der Waals surface area contributed by atoms with E-state index < -0.39 is 0 Å². The Labute approximate surface area is 126 Å². The third kappa shape index (κ3) is 15.3. The summed E-state index contributed by atoms with van der Waals surface area (Å²) in [5, 5.41) is 0. The molecule has 0 aliphatic rings. The molecule has 0 aliphatic carbocycles. The molecule has 0 rings (SSSR count). The van der Waals surface area contributed by atoms with Gasteiger partial charge in [-0.2, -0.15) is 0 Å². The minimum absolute atomic E-state index is 0.0380. The minimum Gasteiger partial charge on any atom is -0.466 e. The van der Waals surface area contributed by atoms with Gasteiger partial charge in [0.15, 0.2) is 0 Å². The van der Waals surface area contributed by atoms with Crippen LogP contribution in [0.5, 0.6) is 0 Å². The van der Waals surface area contributed by atoms with Crippen molar-refractivity contribution in [2.24, 2.45) is 0 Å². The number of esters is 1. The van der Waals surface area contributed by atoms with E-state index >= 15 is 0 Å². The Morgan fingerprint density at radius 3 is 1.90 bits per heavy atom. The van der Waals surface area contributed by atoms with Gasteiger partial charge in [0, 0.05) is 6.42 Å². The maximum absolute atomic E-state index is 11.1. The third-order valence-electron chi connectivity index (χ3n) is 3.52. The molecule has 0 spiro atoms. The minimum atomic E-state index is -0.0380. The first-order chi connectivity index (χ1) is 9.81. The lowest BCUT2D eigenvalue weighted by Gasteiger charge is -2.04. The molecule has 118 valence electrons. The Balaban J connectivity index is 3.02. The van der Waals surface area contributed by atoms with Crippen molar-refractivity contribution in [2.45, 2.75) is 90.4 Å². The SMILES string of the molecule is C=CCCCCCCCCCCCCOC(=O)CCC. The predicted molar refractivity (Wildman–Crippen MR) is 86.9 cm³/mol. The van der Waals surface area contributed by atoms with Gasteiger partial charge in [0.2, 0.25) is 0 Å². The van der Waals surface area contributed by atoms with Crippen LogP contribution in [0.15, 0.2) is 12.7 Å². The Bertz CT molecular complexity index is 223. The van der Waals surface area contributed by atoms with Crippen LogP contribution in [-0.2, 0) is 9.53 Å². The molecule has 0 bridgehead atoms. The predicted octanol–water partition coefficient (Wildman–Crippen LogP) is 5.81. The summed E-state index contributed by atoms with van der Waals surface area (Å²) in [5.74, 6) is -0.0380. The highest BCUT2D eigenvalue weighted by Crippen LogP contribution is 2.11. The van der Waals surface area contributed by atoms with Crippen LogP contribution < -0.4 is 0 Å². The smallest absolute Gasteiger partial charge is 0.305 e. The molecule has 0 N–H and O–H groups in total. The van der Waals surface area contributed by atoms with E-state index in [2.05, 4.69) is 6.58 Å². The second-order valence-electron chi connectivity index (χ2n) is 5.58. The highest BCUT2D eigenvalue weighted by Gasteiger charge is 1.99. The quantitative estimate of drug-likeness (QED) is 0.215. The fraction of sp³-hybridized carbons (Fsp3) is 0.833. The number of carbonyl (C=O) groups excluding carboxylic acids is 1. The fourth-order valence-corrected chi connectivity index (χ4v) is 2.27. The molecule has 0 saturated carbocycles. The highest BCUT2D eigenvalue weighted by atomic mass is 16.5. The number of hydrogen-bond donors (Lipinski definition) is 0. The summed E-state index contributed by atoms with van der Waals surface area (Å²) in [7, 11) is 0. The van der Waals surface area contributed by atoms with Crippen molar-refractivity contribution in [2.75, 3.05) is 6.61 Å². The molecule has 2 heteroatoms. The van der Waals surface area contributed by atoms with E-state index in [0.29, 0.717) is 13.0 Å². The molecule has 0 aliphatic heterocycles. The normalized spacial score (nSPS) is 10.4. The van der Waals surface area contributed by atoms with Crippen molar-refractivity contribution in [1.82, 2.24) is 0 Å². The summed E-state index contributed by atoms with van der Waals surface area (Å²) in [6.07, 6.45) is 17.6. The van der Waals surface area contributed by atoms with E-state index in [9.17, 15) is 4.79 Å². The third-order valence-corrected chi connectivity index (χ3v) is 3.52. The number of carbonyl (C=O) groups is 1. The summed E-state index contributed by atoms with van der Waals surface area (Å²) < 4.78 is 5.13. The average molecular weight is 282 g/mol. The van der Waals surface area contributed by atoms with Crippen LogP contribution in [0.4, 0.5) is 0 Å². The lowest BCUT2D eigenvalue weighted by molar-refractivity contribution is -0.143. The lowest BCUT2D eigenvalue weighted by atomic mass is 10.1. The molecular weight excluding hydrogens is 248 g/mol. The molecule has 2 nitrogen and oxygen atoms in total. The molecule has 0 atom stereocenters. The van der Waals surface area contributed by atoms with Gasteiger partial charge < -0.3 is 4.74 Å². The summed E-state index contributed by atoms with van der Waals surface area (Å²) in [4.78, 5) is 11.1. The van der Waals surface area contributed by atoms with E-state index in [-0.39, 0.29) is 5.97 Å². The van der Waals surface area contributed by atoms with Gasteiger partial charge in [0.25, 0.3) is 0 Å². The Kier molecular flexibility index (Phi) is 15.6. The molecule has 0 amide bonds. The van der Waals surface area contributed by atoms with Crippen molar-refractivity contribution in [3.8, 4) is 0 Å². The molecule has 0 saturated heterocycles. The van der Waals surface area contributed by atoms with Crippen molar-refractivity contribution in [1.29, 1.82) is 0 Å². The Hall–Kier alpha value is -0.790. The van der Waals surface area contributed by atoms with Gasteiger partial charge in [-0.3, -0.25) is 4.79 Å². The van der Waals surface area contributed by atoms with Crippen LogP contribution in [0.1, 0.15) is 90.4 Å². The van der Waals surface area contributed by atoms with Crippen LogP contribution in [0.3, 0.4) is 0 Å². The van der Waals surface area contributed by atoms with Crippen LogP contribution in [0, 0.1) is 0 Å². The molecular formula is C18H34O2. The zero-order valence-corrected chi connectivity index (χ0v) is 13.5. The van der Waals surface area contributed by atoms with E-state index in [0.717, 1.165) is 12.8 Å². The molecule has 0 unspecified atom stereocenters. The number of ether oxygens (including phenoxy) is 1. The Morgan fingerprint density at radius 1 is 0.900 bits per heavy atom. The van der Waals surface area contributed by atoms with Crippen molar-refractivity contribution in [3.05, 3.63) is 12.7 Å². The monoisotopic (exact) mass is 282 g/mol. The number of rotatable bonds is 15. The number of allylic oxidation sites excluding steroid dienone is 1. The molecule has 0 fully saturated rings. The second-order valence-corrected chi connectivity index (χ2v) is 5.58. The number of hydrogen-bond acceptors (Lipinski definition) is 2. The summed E-state index contributed by atoms with van der Waals surface area (Å²) in [5.41, 5.74) is 0.